The summed E-state index contributed by atoms with van der Waals surface area (Å²) in [6.07, 6.45) is -4.18. The number of nitrogens with zero attached hydrogens (tertiary/aromatic N) is 3. The summed E-state index contributed by atoms with van der Waals surface area (Å²) in [4.78, 5) is 26.6. The molecule has 3 rings (SSSR count). The van der Waals surface area contributed by atoms with Crippen LogP contribution in [0.5, 0.6) is 5.75 Å². The minimum Gasteiger partial charge on any atom is -0.494 e. The summed E-state index contributed by atoms with van der Waals surface area (Å²) in [5.41, 5.74) is 0.0641. The number of piperazine rings is 1. The lowest BCUT2D eigenvalue weighted by Crippen LogP contribution is -2.47. The monoisotopic (exact) mass is 452 g/mol. The summed E-state index contributed by atoms with van der Waals surface area (Å²) in [7, 11) is 1.36. The summed E-state index contributed by atoms with van der Waals surface area (Å²) in [5.74, 6) is -0.0697. The van der Waals surface area contributed by atoms with Crippen LogP contribution in [0.1, 0.15) is 12.0 Å². The minimum atomic E-state index is -4.38. The topological polar surface area (TPSA) is 87.9 Å². The maximum Gasteiger partial charge on any atom is 0.416 e. The molecule has 1 saturated heterocycles. The lowest BCUT2D eigenvalue weighted by Gasteiger charge is -2.36. The second kappa shape index (κ2) is 9.86. The lowest BCUT2D eigenvalue weighted by atomic mass is 10.1. The number of nitro benzene ring substituents is 1. The van der Waals surface area contributed by atoms with Gasteiger partial charge >= 0.3 is 6.18 Å². The molecule has 1 aliphatic rings. The van der Waals surface area contributed by atoms with Crippen LogP contribution in [0.15, 0.2) is 42.5 Å². The molecule has 1 aliphatic heterocycles. The van der Waals surface area contributed by atoms with Crippen LogP contribution in [0.4, 0.5) is 30.2 Å². The van der Waals surface area contributed by atoms with Gasteiger partial charge in [0.25, 0.3) is 5.69 Å². The highest BCUT2D eigenvalue weighted by Gasteiger charge is 2.31. The first-order valence-corrected chi connectivity index (χ1v) is 9.94. The smallest absolute Gasteiger partial charge is 0.416 e. The molecule has 0 unspecified atom stereocenters. The van der Waals surface area contributed by atoms with Gasteiger partial charge in [-0.25, -0.2) is 0 Å². The Bertz CT molecular complexity index is 976. The number of rotatable bonds is 7. The Labute approximate surface area is 182 Å². The fourth-order valence-electron chi connectivity index (χ4n) is 3.48. The average Bonchev–Trinajstić information content (AvgIpc) is 2.77. The van der Waals surface area contributed by atoms with Crippen LogP contribution < -0.4 is 15.0 Å². The summed E-state index contributed by atoms with van der Waals surface area (Å²) in [5, 5.41) is 13.6. The van der Waals surface area contributed by atoms with E-state index in [1.165, 1.54) is 31.4 Å². The number of hydrogen-bond donors (Lipinski definition) is 1. The Kier molecular flexibility index (Phi) is 7.18. The average molecular weight is 452 g/mol. The fraction of sp³-hybridized carbons (Fsp3) is 0.381. The second-order valence-corrected chi connectivity index (χ2v) is 7.32. The molecule has 0 aliphatic carbocycles. The highest BCUT2D eigenvalue weighted by Crippen LogP contribution is 2.32. The molecule has 1 amide bonds. The van der Waals surface area contributed by atoms with Crippen molar-refractivity contribution in [2.75, 3.05) is 50.1 Å². The molecule has 0 aromatic heterocycles. The van der Waals surface area contributed by atoms with E-state index in [0.29, 0.717) is 44.1 Å². The van der Waals surface area contributed by atoms with Crippen LogP contribution in [0.2, 0.25) is 0 Å². The normalized spacial score (nSPS) is 14.8. The van der Waals surface area contributed by atoms with Crippen molar-refractivity contribution in [3.05, 3.63) is 58.1 Å². The lowest BCUT2D eigenvalue weighted by molar-refractivity contribution is -0.384. The summed E-state index contributed by atoms with van der Waals surface area (Å²) in [6.45, 7) is 2.82. The minimum absolute atomic E-state index is 0.140. The molecule has 2 aromatic carbocycles. The standard InChI is InChI=1S/C21H23F3N4O4/c1-32-19-14-17(28(30)31)5-6-18(19)25-20(29)7-8-26-9-11-27(12-10-26)16-4-2-3-15(13-16)21(22,23)24/h2-6,13-14H,7-12H2,1H3,(H,25,29). The first-order chi connectivity index (χ1) is 15.2. The van der Waals surface area contributed by atoms with E-state index in [1.807, 2.05) is 4.90 Å². The number of carbonyl (C=O) groups excluding carboxylic acids is 1. The number of carbonyl (C=O) groups is 1. The maximum absolute atomic E-state index is 12.9. The van der Waals surface area contributed by atoms with Gasteiger partial charge in [-0.3, -0.25) is 19.8 Å². The number of alkyl halides is 3. The molecular formula is C21H23F3N4O4. The van der Waals surface area contributed by atoms with E-state index >= 15 is 0 Å². The molecule has 0 bridgehead atoms. The van der Waals surface area contributed by atoms with Crippen molar-refractivity contribution in [3.63, 3.8) is 0 Å². The molecule has 0 spiro atoms. The molecule has 8 nitrogen and oxygen atoms in total. The Morgan fingerprint density at radius 1 is 1.16 bits per heavy atom. The van der Waals surface area contributed by atoms with Crippen LogP contribution in [0.25, 0.3) is 0 Å². The van der Waals surface area contributed by atoms with E-state index in [4.69, 9.17) is 4.74 Å². The van der Waals surface area contributed by atoms with Crippen LogP contribution in [0, 0.1) is 10.1 Å². The van der Waals surface area contributed by atoms with Gasteiger partial charge in [0.2, 0.25) is 5.91 Å². The van der Waals surface area contributed by atoms with Crippen molar-refractivity contribution in [2.45, 2.75) is 12.6 Å². The molecule has 172 valence electrons. The van der Waals surface area contributed by atoms with E-state index in [-0.39, 0.29) is 23.8 Å². The molecule has 11 heteroatoms. The molecule has 0 atom stereocenters. The number of benzene rings is 2. The highest BCUT2D eigenvalue weighted by atomic mass is 19.4. The number of nitrogens with one attached hydrogen (secondary N) is 1. The van der Waals surface area contributed by atoms with Gasteiger partial charge in [0.05, 0.1) is 29.4 Å². The third-order valence-electron chi connectivity index (χ3n) is 5.24. The first kappa shape index (κ1) is 23.3. The zero-order chi connectivity index (χ0) is 23.3. The number of non-ortho nitro benzene ring substituents is 1. The van der Waals surface area contributed by atoms with Gasteiger partial charge in [-0.05, 0) is 24.3 Å². The van der Waals surface area contributed by atoms with Crippen LogP contribution >= 0.6 is 0 Å². The molecule has 1 fully saturated rings. The predicted octanol–water partition coefficient (Wildman–Crippen LogP) is 3.77. The Morgan fingerprint density at radius 3 is 2.50 bits per heavy atom. The molecule has 32 heavy (non-hydrogen) atoms. The highest BCUT2D eigenvalue weighted by molar-refractivity contribution is 5.92. The summed E-state index contributed by atoms with van der Waals surface area (Å²) in [6, 6.07) is 9.21. The van der Waals surface area contributed by atoms with E-state index in [9.17, 15) is 28.1 Å². The molecule has 0 radical (unpaired) electrons. The maximum atomic E-state index is 12.9. The van der Waals surface area contributed by atoms with Crippen LogP contribution in [0.3, 0.4) is 0 Å². The Balaban J connectivity index is 1.49. The van der Waals surface area contributed by atoms with Crippen molar-refractivity contribution < 1.29 is 27.6 Å². The quantitative estimate of drug-likeness (QED) is 0.508. The van der Waals surface area contributed by atoms with Crippen LogP contribution in [-0.4, -0.2) is 55.6 Å². The SMILES string of the molecule is COc1cc([N+](=O)[O-])ccc1NC(=O)CCN1CCN(c2cccc(C(F)(F)F)c2)CC1. The fourth-order valence-corrected chi connectivity index (χ4v) is 3.48. The van der Waals surface area contributed by atoms with Crippen molar-refractivity contribution in [3.8, 4) is 5.75 Å². The number of nitro groups is 1. The molecule has 1 heterocycles. The van der Waals surface area contributed by atoms with Crippen LogP contribution in [-0.2, 0) is 11.0 Å². The van der Waals surface area contributed by atoms with Crippen molar-refractivity contribution >= 4 is 23.0 Å². The largest absolute Gasteiger partial charge is 0.494 e. The number of ether oxygens (including phenoxy) is 1. The van der Waals surface area contributed by atoms with Crippen molar-refractivity contribution in [1.29, 1.82) is 0 Å². The van der Waals surface area contributed by atoms with Gasteiger partial charge in [-0.1, -0.05) is 6.07 Å². The van der Waals surface area contributed by atoms with Crippen molar-refractivity contribution in [2.24, 2.45) is 0 Å². The summed E-state index contributed by atoms with van der Waals surface area (Å²) >= 11 is 0. The molecular weight excluding hydrogens is 429 g/mol. The zero-order valence-corrected chi connectivity index (χ0v) is 17.4. The van der Waals surface area contributed by atoms with Gasteiger partial charge in [-0.15, -0.1) is 0 Å². The predicted molar refractivity (Wildman–Crippen MR) is 113 cm³/mol. The van der Waals surface area contributed by atoms with Gasteiger partial charge < -0.3 is 15.0 Å². The van der Waals surface area contributed by atoms with E-state index in [0.717, 1.165) is 12.1 Å². The number of amides is 1. The van der Waals surface area contributed by atoms with Gasteiger partial charge in [0, 0.05) is 50.9 Å². The van der Waals surface area contributed by atoms with Crippen molar-refractivity contribution in [1.82, 2.24) is 4.90 Å². The van der Waals surface area contributed by atoms with Gasteiger partial charge in [0.15, 0.2) is 0 Å². The number of halogens is 3. The number of hydrogen-bond acceptors (Lipinski definition) is 6. The Morgan fingerprint density at radius 2 is 1.88 bits per heavy atom. The zero-order valence-electron chi connectivity index (χ0n) is 17.4. The molecule has 1 N–H and O–H groups in total. The Hall–Kier alpha value is -3.34. The van der Waals surface area contributed by atoms with E-state index in [2.05, 4.69) is 10.2 Å². The second-order valence-electron chi connectivity index (χ2n) is 7.32. The van der Waals surface area contributed by atoms with Gasteiger partial charge in [0.1, 0.15) is 5.75 Å². The number of anilines is 2. The van der Waals surface area contributed by atoms with E-state index < -0.39 is 16.7 Å². The molecule has 2 aromatic rings. The molecule has 0 saturated carbocycles. The third-order valence-corrected chi connectivity index (χ3v) is 5.24. The van der Waals surface area contributed by atoms with E-state index in [1.54, 1.807) is 6.07 Å². The number of methoxy groups -OCH3 is 1. The third kappa shape index (κ3) is 5.88. The van der Waals surface area contributed by atoms with Gasteiger partial charge in [-0.2, -0.15) is 13.2 Å². The summed E-state index contributed by atoms with van der Waals surface area (Å²) < 4.78 is 43.9. The first-order valence-electron chi connectivity index (χ1n) is 9.94.